The number of fused-ring (bicyclic) bond motifs is 1. The molecular weight excluding hydrogens is 420 g/mol. The van der Waals surface area contributed by atoms with Crippen LogP contribution in [0.15, 0.2) is 47.3 Å². The van der Waals surface area contributed by atoms with Crippen LogP contribution < -0.4 is 16.2 Å². The molecule has 9 heteroatoms. The molecule has 1 aliphatic heterocycles. The van der Waals surface area contributed by atoms with E-state index in [9.17, 15) is 14.4 Å². The minimum absolute atomic E-state index is 0. The summed E-state index contributed by atoms with van der Waals surface area (Å²) in [5.41, 5.74) is 8.54. The molecule has 0 spiro atoms. The Morgan fingerprint density at radius 1 is 1.03 bits per heavy atom. The van der Waals surface area contributed by atoms with Crippen LogP contribution in [-0.2, 0) is 29.7 Å². The number of ether oxygens (including phenoxy) is 1. The summed E-state index contributed by atoms with van der Waals surface area (Å²) in [5, 5.41) is 0. The third-order valence-corrected chi connectivity index (χ3v) is 5.68. The van der Waals surface area contributed by atoms with Crippen LogP contribution in [0.3, 0.4) is 0 Å². The fraction of sp³-hybridized carbons (Fsp3) is 0.318. The van der Waals surface area contributed by atoms with Gasteiger partial charge in [-0.2, -0.15) is 0 Å². The van der Waals surface area contributed by atoms with Crippen molar-refractivity contribution in [2.45, 2.75) is 32.0 Å². The molecule has 8 nitrogen and oxygen atoms in total. The van der Waals surface area contributed by atoms with Crippen LogP contribution in [0.25, 0.3) is 11.0 Å². The summed E-state index contributed by atoms with van der Waals surface area (Å²) >= 11 is 0. The number of amides is 2. The van der Waals surface area contributed by atoms with Crippen LogP contribution in [0.1, 0.15) is 30.0 Å². The van der Waals surface area contributed by atoms with Gasteiger partial charge in [-0.25, -0.2) is 4.79 Å². The number of piperidine rings is 1. The molecule has 3 aromatic rings. The highest BCUT2D eigenvalue weighted by atomic mass is 35.5. The van der Waals surface area contributed by atoms with Crippen molar-refractivity contribution in [3.63, 3.8) is 0 Å². The first-order valence-corrected chi connectivity index (χ1v) is 9.81. The van der Waals surface area contributed by atoms with Crippen LogP contribution in [0.2, 0.25) is 0 Å². The van der Waals surface area contributed by atoms with Gasteiger partial charge in [-0.15, -0.1) is 12.4 Å². The molecule has 1 fully saturated rings. The highest BCUT2D eigenvalue weighted by molar-refractivity contribution is 6.00. The second-order valence-corrected chi connectivity index (χ2v) is 7.46. The van der Waals surface area contributed by atoms with E-state index in [1.165, 1.54) is 14.0 Å². The Morgan fingerprint density at radius 2 is 1.71 bits per heavy atom. The average Bonchev–Trinajstić information content (AvgIpc) is 3.01. The number of aryl methyl sites for hydroxylation is 1. The smallest absolute Gasteiger partial charge is 0.329 e. The van der Waals surface area contributed by atoms with Gasteiger partial charge in [-0.1, -0.05) is 18.2 Å². The van der Waals surface area contributed by atoms with Crippen molar-refractivity contribution in [2.75, 3.05) is 7.11 Å². The average molecular weight is 445 g/mol. The van der Waals surface area contributed by atoms with E-state index >= 15 is 0 Å². The molecule has 2 N–H and O–H groups in total. The molecule has 1 aromatic heterocycles. The van der Waals surface area contributed by atoms with Crippen molar-refractivity contribution in [2.24, 2.45) is 12.8 Å². The summed E-state index contributed by atoms with van der Waals surface area (Å²) in [6.07, 6.45) is 0.505. The van der Waals surface area contributed by atoms with Gasteiger partial charge in [0.25, 0.3) is 5.91 Å². The van der Waals surface area contributed by atoms with Gasteiger partial charge in [0.05, 0.1) is 24.7 Å². The standard InChI is InChI=1S/C22H24N4O4.ClH/c1-24-19-11-15(12-23)5-8-17(19)26(22(24)29)18-9-10-20(27)25(21(18)28)13-14-3-6-16(30-2)7-4-14;/h3-8,11,18H,9-10,12-13,23H2,1-2H3;1H. The number of carbonyl (C=O) groups excluding carboxylic acids is 2. The largest absolute Gasteiger partial charge is 0.497 e. The molecule has 2 amide bonds. The molecule has 0 bridgehead atoms. The number of nitrogens with two attached hydrogens (primary N) is 1. The number of carbonyl (C=O) groups is 2. The maximum atomic E-state index is 13.3. The van der Waals surface area contributed by atoms with Crippen molar-refractivity contribution in [3.8, 4) is 5.75 Å². The van der Waals surface area contributed by atoms with Gasteiger partial charge in [-0.05, 0) is 41.8 Å². The van der Waals surface area contributed by atoms with Crippen molar-refractivity contribution >= 4 is 35.3 Å². The lowest BCUT2D eigenvalue weighted by Gasteiger charge is -2.31. The summed E-state index contributed by atoms with van der Waals surface area (Å²) in [4.78, 5) is 40.0. The van der Waals surface area contributed by atoms with Crippen LogP contribution in [0, 0.1) is 0 Å². The van der Waals surface area contributed by atoms with E-state index in [1.54, 1.807) is 26.3 Å². The van der Waals surface area contributed by atoms with Gasteiger partial charge in [-0.3, -0.25) is 23.6 Å². The Hall–Kier alpha value is -3.10. The fourth-order valence-electron chi connectivity index (χ4n) is 3.98. The van der Waals surface area contributed by atoms with Gasteiger partial charge >= 0.3 is 5.69 Å². The second kappa shape index (κ2) is 8.95. The first-order chi connectivity index (χ1) is 14.4. The monoisotopic (exact) mass is 444 g/mol. The summed E-state index contributed by atoms with van der Waals surface area (Å²) in [7, 11) is 3.25. The van der Waals surface area contributed by atoms with E-state index in [4.69, 9.17) is 10.5 Å². The molecule has 0 aliphatic carbocycles. The Balaban J connectivity index is 0.00000272. The van der Waals surface area contributed by atoms with Crippen molar-refractivity contribution in [3.05, 3.63) is 64.1 Å². The SMILES string of the molecule is COc1ccc(CN2C(=O)CCC(n3c(=O)n(C)c4cc(CN)ccc43)C2=O)cc1.Cl. The van der Waals surface area contributed by atoms with Crippen LogP contribution in [-0.4, -0.2) is 33.0 Å². The van der Waals surface area contributed by atoms with Crippen molar-refractivity contribution in [1.82, 2.24) is 14.0 Å². The molecule has 2 heterocycles. The number of halogens is 1. The molecule has 0 saturated carbocycles. The van der Waals surface area contributed by atoms with Crippen molar-refractivity contribution < 1.29 is 14.3 Å². The molecule has 164 valence electrons. The minimum Gasteiger partial charge on any atom is -0.497 e. The minimum atomic E-state index is -0.721. The Bertz CT molecular complexity index is 1180. The predicted molar refractivity (Wildman–Crippen MR) is 119 cm³/mol. The molecule has 1 atom stereocenters. The number of hydrogen-bond donors (Lipinski definition) is 1. The highest BCUT2D eigenvalue weighted by Gasteiger charge is 2.37. The molecule has 0 radical (unpaired) electrons. The molecule has 1 saturated heterocycles. The Kier molecular flexibility index (Phi) is 6.52. The Morgan fingerprint density at radius 3 is 2.35 bits per heavy atom. The van der Waals surface area contributed by atoms with Gasteiger partial charge in [0.15, 0.2) is 0 Å². The summed E-state index contributed by atoms with van der Waals surface area (Å²) < 4.78 is 8.18. The lowest BCUT2D eigenvalue weighted by atomic mass is 10.0. The van der Waals surface area contributed by atoms with Crippen LogP contribution in [0.5, 0.6) is 5.75 Å². The number of aromatic nitrogens is 2. The fourth-order valence-corrected chi connectivity index (χ4v) is 3.98. The summed E-state index contributed by atoms with van der Waals surface area (Å²) in [6.45, 7) is 0.525. The van der Waals surface area contributed by atoms with E-state index in [2.05, 4.69) is 0 Å². The number of methoxy groups -OCH3 is 1. The van der Waals surface area contributed by atoms with Crippen molar-refractivity contribution in [1.29, 1.82) is 0 Å². The third kappa shape index (κ3) is 3.96. The third-order valence-electron chi connectivity index (χ3n) is 5.68. The maximum absolute atomic E-state index is 13.3. The Labute approximate surface area is 185 Å². The zero-order valence-corrected chi connectivity index (χ0v) is 18.2. The van der Waals surface area contributed by atoms with E-state index in [0.29, 0.717) is 29.7 Å². The lowest BCUT2D eigenvalue weighted by Crippen LogP contribution is -2.47. The number of imidazole rings is 1. The number of hydrogen-bond acceptors (Lipinski definition) is 5. The first kappa shape index (κ1) is 22.6. The summed E-state index contributed by atoms with van der Waals surface area (Å²) in [6, 6.07) is 12.0. The molecule has 31 heavy (non-hydrogen) atoms. The van der Waals surface area contributed by atoms with E-state index in [-0.39, 0.29) is 42.9 Å². The van der Waals surface area contributed by atoms with E-state index in [1.807, 2.05) is 30.3 Å². The lowest BCUT2D eigenvalue weighted by molar-refractivity contribution is -0.151. The van der Waals surface area contributed by atoms with Gasteiger partial charge in [0.2, 0.25) is 5.91 Å². The molecule has 1 aliphatic rings. The van der Waals surface area contributed by atoms with Crippen LogP contribution >= 0.6 is 12.4 Å². The quantitative estimate of drug-likeness (QED) is 0.607. The number of nitrogens with zero attached hydrogens (tertiary/aromatic N) is 3. The molecular formula is C22H25ClN4O4. The maximum Gasteiger partial charge on any atom is 0.329 e. The number of imide groups is 1. The summed E-state index contributed by atoms with van der Waals surface area (Å²) in [5.74, 6) is 0.109. The zero-order valence-electron chi connectivity index (χ0n) is 17.4. The topological polar surface area (TPSA) is 99.6 Å². The first-order valence-electron chi connectivity index (χ1n) is 9.81. The number of rotatable bonds is 5. The van der Waals surface area contributed by atoms with Gasteiger partial charge < -0.3 is 10.5 Å². The zero-order chi connectivity index (χ0) is 21.4. The van der Waals surface area contributed by atoms with Crippen LogP contribution in [0.4, 0.5) is 0 Å². The van der Waals surface area contributed by atoms with Gasteiger partial charge in [0.1, 0.15) is 11.8 Å². The molecule has 2 aromatic carbocycles. The van der Waals surface area contributed by atoms with E-state index < -0.39 is 6.04 Å². The number of benzene rings is 2. The highest BCUT2D eigenvalue weighted by Crippen LogP contribution is 2.28. The second-order valence-electron chi connectivity index (χ2n) is 7.46. The molecule has 4 rings (SSSR count). The number of likely N-dealkylation sites (tertiary alicyclic amines) is 1. The normalized spacial score (nSPS) is 16.5. The molecule has 1 unspecified atom stereocenters. The van der Waals surface area contributed by atoms with Gasteiger partial charge in [0, 0.05) is 20.0 Å². The van der Waals surface area contributed by atoms with E-state index in [0.717, 1.165) is 11.1 Å². The predicted octanol–water partition coefficient (Wildman–Crippen LogP) is 2.12.